The maximum atomic E-state index is 12.5. The van der Waals surface area contributed by atoms with Crippen LogP contribution in [0.4, 0.5) is 18.3 Å². The van der Waals surface area contributed by atoms with E-state index in [9.17, 15) is 13.2 Å². The van der Waals surface area contributed by atoms with Gasteiger partial charge in [-0.25, -0.2) is 4.98 Å². The third-order valence-electron chi connectivity index (χ3n) is 3.20. The van der Waals surface area contributed by atoms with Gasteiger partial charge in [-0.1, -0.05) is 30.6 Å². The zero-order chi connectivity index (χ0) is 12.5. The highest BCUT2D eigenvalue weighted by atomic mass is 32.1. The molecule has 0 unspecified atom stereocenters. The summed E-state index contributed by atoms with van der Waals surface area (Å²) >= 11 is 0.731. The van der Waals surface area contributed by atoms with E-state index in [1.165, 1.54) is 6.42 Å². The zero-order valence-corrected chi connectivity index (χ0v) is 10.4. The Balaban J connectivity index is 2.08. The summed E-state index contributed by atoms with van der Waals surface area (Å²) in [6, 6.07) is 0.344. The highest BCUT2D eigenvalue weighted by molar-refractivity contribution is 7.15. The normalized spacial score (nSPS) is 18.4. The van der Waals surface area contributed by atoms with Crippen LogP contribution in [0.1, 0.15) is 37.0 Å². The standard InChI is InChI=1S/C11H15F3N2S/c1-16(8-5-3-2-4-6-8)10-15-7-9(17-10)11(12,13)14/h7-8H,2-6H2,1H3. The second kappa shape index (κ2) is 4.84. The number of thiazole rings is 1. The van der Waals surface area contributed by atoms with Gasteiger partial charge in [-0.05, 0) is 12.8 Å². The molecule has 0 saturated heterocycles. The Labute approximate surface area is 102 Å². The Morgan fingerprint density at radius 2 is 1.94 bits per heavy atom. The van der Waals surface area contributed by atoms with Crippen molar-refractivity contribution in [1.82, 2.24) is 4.98 Å². The van der Waals surface area contributed by atoms with E-state index in [0.717, 1.165) is 43.2 Å². The van der Waals surface area contributed by atoms with Gasteiger partial charge in [-0.2, -0.15) is 13.2 Å². The molecule has 2 rings (SSSR count). The molecular formula is C11H15F3N2S. The molecule has 0 bridgehead atoms. The van der Waals surface area contributed by atoms with Crippen LogP contribution in [0.3, 0.4) is 0 Å². The Hall–Kier alpha value is -0.780. The lowest BCUT2D eigenvalue weighted by Crippen LogP contribution is -2.33. The van der Waals surface area contributed by atoms with Gasteiger partial charge in [0.15, 0.2) is 5.13 Å². The van der Waals surface area contributed by atoms with Crippen LogP contribution >= 0.6 is 11.3 Å². The van der Waals surface area contributed by atoms with E-state index in [0.29, 0.717) is 11.2 Å². The van der Waals surface area contributed by atoms with Crippen LogP contribution in [-0.4, -0.2) is 18.1 Å². The molecule has 1 aromatic heterocycles. The summed E-state index contributed by atoms with van der Waals surface area (Å²) in [5, 5.41) is 0.476. The van der Waals surface area contributed by atoms with Crippen molar-refractivity contribution in [3.63, 3.8) is 0 Å². The zero-order valence-electron chi connectivity index (χ0n) is 9.63. The molecule has 0 aromatic carbocycles. The topological polar surface area (TPSA) is 16.1 Å². The molecule has 96 valence electrons. The Morgan fingerprint density at radius 1 is 1.29 bits per heavy atom. The summed E-state index contributed by atoms with van der Waals surface area (Å²) in [7, 11) is 1.84. The van der Waals surface area contributed by atoms with Gasteiger partial charge in [0.2, 0.25) is 0 Å². The van der Waals surface area contributed by atoms with Gasteiger partial charge >= 0.3 is 6.18 Å². The van der Waals surface area contributed by atoms with E-state index in [2.05, 4.69) is 4.98 Å². The summed E-state index contributed by atoms with van der Waals surface area (Å²) in [5.41, 5.74) is 0. The molecule has 1 saturated carbocycles. The van der Waals surface area contributed by atoms with Gasteiger partial charge < -0.3 is 4.90 Å². The molecule has 1 fully saturated rings. The minimum absolute atomic E-state index is 0.344. The van der Waals surface area contributed by atoms with Gasteiger partial charge in [0.25, 0.3) is 0 Å². The lowest BCUT2D eigenvalue weighted by atomic mass is 9.95. The summed E-state index contributed by atoms with van der Waals surface area (Å²) in [6.45, 7) is 0. The highest BCUT2D eigenvalue weighted by Crippen LogP contribution is 2.37. The summed E-state index contributed by atoms with van der Waals surface area (Å²) in [4.78, 5) is 5.17. The number of hydrogen-bond donors (Lipinski definition) is 0. The second-order valence-electron chi connectivity index (χ2n) is 4.41. The molecule has 1 aromatic rings. The molecular weight excluding hydrogens is 249 g/mol. The minimum Gasteiger partial charge on any atom is -0.348 e. The monoisotopic (exact) mass is 264 g/mol. The largest absolute Gasteiger partial charge is 0.427 e. The number of hydrogen-bond acceptors (Lipinski definition) is 3. The lowest BCUT2D eigenvalue weighted by Gasteiger charge is -2.30. The smallest absolute Gasteiger partial charge is 0.348 e. The van der Waals surface area contributed by atoms with Crippen LogP contribution in [-0.2, 0) is 6.18 Å². The van der Waals surface area contributed by atoms with E-state index in [4.69, 9.17) is 0 Å². The van der Waals surface area contributed by atoms with Crippen LogP contribution < -0.4 is 4.90 Å². The molecule has 1 aliphatic carbocycles. The first-order valence-electron chi connectivity index (χ1n) is 5.74. The number of alkyl halides is 3. The van der Waals surface area contributed by atoms with Crippen molar-refractivity contribution in [3.05, 3.63) is 11.1 Å². The van der Waals surface area contributed by atoms with E-state index in [-0.39, 0.29) is 0 Å². The molecule has 2 nitrogen and oxygen atoms in total. The number of rotatable bonds is 2. The van der Waals surface area contributed by atoms with Gasteiger partial charge in [0.1, 0.15) is 4.88 Å². The first-order chi connectivity index (χ1) is 7.98. The van der Waals surface area contributed by atoms with Crippen LogP contribution in [0.15, 0.2) is 6.20 Å². The molecule has 17 heavy (non-hydrogen) atoms. The maximum absolute atomic E-state index is 12.5. The maximum Gasteiger partial charge on any atom is 0.427 e. The van der Waals surface area contributed by atoms with E-state index < -0.39 is 11.1 Å². The molecule has 0 amide bonds. The Morgan fingerprint density at radius 3 is 2.47 bits per heavy atom. The van der Waals surface area contributed by atoms with Gasteiger partial charge in [0.05, 0.1) is 6.20 Å². The average molecular weight is 264 g/mol. The molecule has 0 aliphatic heterocycles. The molecule has 1 aliphatic rings. The van der Waals surface area contributed by atoms with Gasteiger partial charge in [-0.3, -0.25) is 0 Å². The Kier molecular flexibility index (Phi) is 3.61. The fourth-order valence-corrected chi connectivity index (χ4v) is 3.00. The van der Waals surface area contributed by atoms with Crippen molar-refractivity contribution in [2.45, 2.75) is 44.3 Å². The summed E-state index contributed by atoms with van der Waals surface area (Å²) in [6.07, 6.45) is 2.31. The van der Waals surface area contributed by atoms with Crippen molar-refractivity contribution >= 4 is 16.5 Å². The minimum atomic E-state index is -4.27. The molecule has 6 heteroatoms. The van der Waals surface area contributed by atoms with E-state index >= 15 is 0 Å². The summed E-state index contributed by atoms with van der Waals surface area (Å²) in [5.74, 6) is 0. The average Bonchev–Trinajstić information content (AvgIpc) is 2.78. The third-order valence-corrected chi connectivity index (χ3v) is 4.33. The predicted octanol–water partition coefficient (Wildman–Crippen LogP) is 3.93. The van der Waals surface area contributed by atoms with Gasteiger partial charge in [-0.15, -0.1) is 0 Å². The van der Waals surface area contributed by atoms with Crippen molar-refractivity contribution < 1.29 is 13.2 Å². The van der Waals surface area contributed by atoms with Crippen LogP contribution in [0, 0.1) is 0 Å². The first kappa shape index (κ1) is 12.7. The van der Waals surface area contributed by atoms with Crippen molar-refractivity contribution in [1.29, 1.82) is 0 Å². The van der Waals surface area contributed by atoms with Crippen molar-refractivity contribution in [2.75, 3.05) is 11.9 Å². The highest BCUT2D eigenvalue weighted by Gasteiger charge is 2.34. The van der Waals surface area contributed by atoms with E-state index in [1.807, 2.05) is 11.9 Å². The Bertz CT molecular complexity index is 369. The fourth-order valence-electron chi connectivity index (χ4n) is 2.18. The second-order valence-corrected chi connectivity index (χ2v) is 5.42. The molecule has 0 atom stereocenters. The quantitative estimate of drug-likeness (QED) is 0.804. The van der Waals surface area contributed by atoms with Crippen molar-refractivity contribution in [2.24, 2.45) is 0 Å². The number of nitrogens with zero attached hydrogens (tertiary/aromatic N) is 2. The lowest BCUT2D eigenvalue weighted by molar-refractivity contribution is -0.134. The van der Waals surface area contributed by atoms with Crippen LogP contribution in [0.5, 0.6) is 0 Å². The van der Waals surface area contributed by atoms with Crippen LogP contribution in [0.25, 0.3) is 0 Å². The first-order valence-corrected chi connectivity index (χ1v) is 6.56. The van der Waals surface area contributed by atoms with Crippen molar-refractivity contribution in [3.8, 4) is 0 Å². The number of anilines is 1. The SMILES string of the molecule is CN(c1ncc(C(F)(F)F)s1)C1CCCCC1. The molecule has 0 spiro atoms. The predicted molar refractivity (Wildman–Crippen MR) is 62.4 cm³/mol. The van der Waals surface area contributed by atoms with E-state index in [1.54, 1.807) is 0 Å². The fraction of sp³-hybridized carbons (Fsp3) is 0.727. The number of halogens is 3. The third kappa shape index (κ3) is 2.91. The summed E-state index contributed by atoms with van der Waals surface area (Å²) < 4.78 is 37.4. The molecule has 0 radical (unpaired) electrons. The number of aromatic nitrogens is 1. The van der Waals surface area contributed by atoms with Gasteiger partial charge in [0, 0.05) is 13.1 Å². The molecule has 1 heterocycles. The molecule has 0 N–H and O–H groups in total. The van der Waals surface area contributed by atoms with Crippen LogP contribution in [0.2, 0.25) is 0 Å².